The zero-order chi connectivity index (χ0) is 11.5. The molecule has 0 atom stereocenters. The van der Waals surface area contributed by atoms with Gasteiger partial charge in [-0.25, -0.2) is 4.98 Å². The Balaban J connectivity index is 2.27. The summed E-state index contributed by atoms with van der Waals surface area (Å²) >= 11 is 5.91. The molecule has 4 N–H and O–H groups in total. The Bertz CT molecular complexity index is 491. The number of anilines is 2. The van der Waals surface area contributed by atoms with Crippen molar-refractivity contribution in [3.63, 3.8) is 0 Å². The van der Waals surface area contributed by atoms with E-state index in [-0.39, 0.29) is 0 Å². The molecule has 16 heavy (non-hydrogen) atoms. The molecule has 4 heteroatoms. The minimum Gasteiger partial charge on any atom is -0.384 e. The first-order valence-corrected chi connectivity index (χ1v) is 5.27. The van der Waals surface area contributed by atoms with Crippen LogP contribution in [0.1, 0.15) is 11.1 Å². The smallest absolute Gasteiger partial charge is 0.126 e. The monoisotopic (exact) mass is 233 g/mol. The van der Waals surface area contributed by atoms with Crippen LogP contribution in [0.25, 0.3) is 0 Å². The number of aromatic nitrogens is 1. The van der Waals surface area contributed by atoms with Crippen molar-refractivity contribution in [1.82, 2.24) is 4.98 Å². The SMILES string of the molecule is Nc1cc(Cc2cccc(Cl)c2)cc(N)n1. The Morgan fingerprint density at radius 2 is 1.69 bits per heavy atom. The number of hydrogen-bond donors (Lipinski definition) is 2. The molecule has 0 spiro atoms. The van der Waals surface area contributed by atoms with Gasteiger partial charge < -0.3 is 11.5 Å². The van der Waals surface area contributed by atoms with E-state index in [1.54, 1.807) is 0 Å². The minimum atomic E-state index is 0.442. The van der Waals surface area contributed by atoms with Crippen molar-refractivity contribution in [3.05, 3.63) is 52.5 Å². The maximum Gasteiger partial charge on any atom is 0.126 e. The van der Waals surface area contributed by atoms with Gasteiger partial charge in [0.1, 0.15) is 11.6 Å². The van der Waals surface area contributed by atoms with E-state index in [0.717, 1.165) is 22.6 Å². The highest BCUT2D eigenvalue weighted by molar-refractivity contribution is 6.30. The molecular formula is C12H12ClN3. The molecule has 0 aliphatic heterocycles. The van der Waals surface area contributed by atoms with Crippen LogP contribution in [0, 0.1) is 0 Å². The first kappa shape index (κ1) is 10.8. The second kappa shape index (κ2) is 4.41. The van der Waals surface area contributed by atoms with Gasteiger partial charge in [0.2, 0.25) is 0 Å². The third kappa shape index (κ3) is 2.64. The van der Waals surface area contributed by atoms with E-state index in [4.69, 9.17) is 23.1 Å². The average molecular weight is 234 g/mol. The van der Waals surface area contributed by atoms with Crippen molar-refractivity contribution in [2.24, 2.45) is 0 Å². The molecule has 3 nitrogen and oxygen atoms in total. The average Bonchev–Trinajstić information content (AvgIpc) is 2.15. The van der Waals surface area contributed by atoms with Crippen LogP contribution in [0.2, 0.25) is 5.02 Å². The molecule has 82 valence electrons. The van der Waals surface area contributed by atoms with Crippen molar-refractivity contribution in [2.75, 3.05) is 11.5 Å². The van der Waals surface area contributed by atoms with Gasteiger partial charge in [-0.05, 0) is 41.8 Å². The second-order valence-electron chi connectivity index (χ2n) is 3.63. The summed E-state index contributed by atoms with van der Waals surface area (Å²) in [7, 11) is 0. The van der Waals surface area contributed by atoms with Crippen LogP contribution < -0.4 is 11.5 Å². The number of rotatable bonds is 2. The number of nitrogens with zero attached hydrogens (tertiary/aromatic N) is 1. The molecule has 0 saturated carbocycles. The quantitative estimate of drug-likeness (QED) is 0.838. The second-order valence-corrected chi connectivity index (χ2v) is 4.07. The van der Waals surface area contributed by atoms with Crippen LogP contribution in [-0.4, -0.2) is 4.98 Å². The lowest BCUT2D eigenvalue weighted by Crippen LogP contribution is -1.99. The molecule has 0 aliphatic carbocycles. The Morgan fingerprint density at radius 1 is 1.00 bits per heavy atom. The van der Waals surface area contributed by atoms with Gasteiger partial charge in [0.25, 0.3) is 0 Å². The van der Waals surface area contributed by atoms with Crippen molar-refractivity contribution in [1.29, 1.82) is 0 Å². The van der Waals surface area contributed by atoms with Crippen molar-refractivity contribution >= 4 is 23.2 Å². The topological polar surface area (TPSA) is 64.9 Å². The fourth-order valence-electron chi connectivity index (χ4n) is 1.62. The molecule has 0 fully saturated rings. The summed E-state index contributed by atoms with van der Waals surface area (Å²) in [6.45, 7) is 0. The molecule has 0 amide bonds. The normalized spacial score (nSPS) is 10.3. The summed E-state index contributed by atoms with van der Waals surface area (Å²) in [6, 6.07) is 11.3. The van der Waals surface area contributed by atoms with Crippen LogP contribution in [0.5, 0.6) is 0 Å². The van der Waals surface area contributed by atoms with E-state index < -0.39 is 0 Å². The molecule has 1 aromatic carbocycles. The summed E-state index contributed by atoms with van der Waals surface area (Å²) < 4.78 is 0. The molecular weight excluding hydrogens is 222 g/mol. The summed E-state index contributed by atoms with van der Waals surface area (Å²) in [5, 5.41) is 0.729. The lowest BCUT2D eigenvalue weighted by atomic mass is 10.1. The highest BCUT2D eigenvalue weighted by atomic mass is 35.5. The Hall–Kier alpha value is -1.74. The lowest BCUT2D eigenvalue weighted by molar-refractivity contribution is 1.17. The number of benzene rings is 1. The molecule has 2 rings (SSSR count). The van der Waals surface area contributed by atoms with Gasteiger partial charge in [-0.15, -0.1) is 0 Å². The maximum absolute atomic E-state index is 5.91. The Labute approximate surface area is 99.1 Å². The zero-order valence-electron chi connectivity index (χ0n) is 8.65. The third-order valence-electron chi connectivity index (χ3n) is 2.22. The predicted molar refractivity (Wildman–Crippen MR) is 67.3 cm³/mol. The van der Waals surface area contributed by atoms with Crippen LogP contribution in [-0.2, 0) is 6.42 Å². The van der Waals surface area contributed by atoms with Gasteiger partial charge in [0.15, 0.2) is 0 Å². The van der Waals surface area contributed by atoms with Crippen LogP contribution in [0.3, 0.4) is 0 Å². The summed E-state index contributed by atoms with van der Waals surface area (Å²) in [6.07, 6.45) is 0.748. The van der Waals surface area contributed by atoms with E-state index in [0.29, 0.717) is 11.6 Å². The fourth-order valence-corrected chi connectivity index (χ4v) is 1.83. The number of nitrogens with two attached hydrogens (primary N) is 2. The molecule has 2 aromatic rings. The largest absolute Gasteiger partial charge is 0.384 e. The molecule has 0 saturated heterocycles. The summed E-state index contributed by atoms with van der Waals surface area (Å²) in [5.74, 6) is 0.883. The van der Waals surface area contributed by atoms with Gasteiger partial charge in [-0.1, -0.05) is 23.7 Å². The molecule has 0 aliphatic rings. The number of pyridine rings is 1. The van der Waals surface area contributed by atoms with E-state index in [1.165, 1.54) is 0 Å². The van der Waals surface area contributed by atoms with Crippen LogP contribution >= 0.6 is 11.6 Å². The van der Waals surface area contributed by atoms with Crippen LogP contribution in [0.15, 0.2) is 36.4 Å². The van der Waals surface area contributed by atoms with Gasteiger partial charge in [0, 0.05) is 5.02 Å². The maximum atomic E-state index is 5.91. The molecule has 0 radical (unpaired) electrons. The Morgan fingerprint density at radius 3 is 2.31 bits per heavy atom. The highest BCUT2D eigenvalue weighted by Gasteiger charge is 2.00. The summed E-state index contributed by atoms with van der Waals surface area (Å²) in [5.41, 5.74) is 13.4. The van der Waals surface area contributed by atoms with Gasteiger partial charge in [-0.3, -0.25) is 0 Å². The first-order chi connectivity index (χ1) is 7.63. The van der Waals surface area contributed by atoms with Gasteiger partial charge >= 0.3 is 0 Å². The van der Waals surface area contributed by atoms with E-state index in [2.05, 4.69) is 4.98 Å². The molecule has 0 unspecified atom stereocenters. The summed E-state index contributed by atoms with van der Waals surface area (Å²) in [4.78, 5) is 3.92. The number of hydrogen-bond acceptors (Lipinski definition) is 3. The van der Waals surface area contributed by atoms with Crippen molar-refractivity contribution in [2.45, 2.75) is 6.42 Å². The lowest BCUT2D eigenvalue weighted by Gasteiger charge is -2.04. The molecule has 0 bridgehead atoms. The predicted octanol–water partition coefficient (Wildman–Crippen LogP) is 2.49. The van der Waals surface area contributed by atoms with E-state index >= 15 is 0 Å². The fraction of sp³-hybridized carbons (Fsp3) is 0.0833. The first-order valence-electron chi connectivity index (χ1n) is 4.90. The molecule has 1 heterocycles. The molecule has 1 aromatic heterocycles. The number of halogens is 1. The number of nitrogen functional groups attached to an aromatic ring is 2. The Kier molecular flexibility index (Phi) is 2.97. The zero-order valence-corrected chi connectivity index (χ0v) is 9.41. The standard InChI is InChI=1S/C12H12ClN3/c13-10-3-1-2-8(5-10)4-9-6-11(14)16-12(15)7-9/h1-3,5-7H,4H2,(H4,14,15,16). The van der Waals surface area contributed by atoms with Gasteiger partial charge in [0.05, 0.1) is 0 Å². The van der Waals surface area contributed by atoms with E-state index in [9.17, 15) is 0 Å². The van der Waals surface area contributed by atoms with E-state index in [1.807, 2.05) is 36.4 Å². The highest BCUT2D eigenvalue weighted by Crippen LogP contribution is 2.17. The van der Waals surface area contributed by atoms with Crippen LogP contribution in [0.4, 0.5) is 11.6 Å². The minimum absolute atomic E-state index is 0.442. The van der Waals surface area contributed by atoms with Crippen molar-refractivity contribution in [3.8, 4) is 0 Å². The van der Waals surface area contributed by atoms with Gasteiger partial charge in [-0.2, -0.15) is 0 Å². The van der Waals surface area contributed by atoms with Crippen molar-refractivity contribution < 1.29 is 0 Å². The third-order valence-corrected chi connectivity index (χ3v) is 2.46.